The average Bonchev–Trinajstić information content (AvgIpc) is 1.66. The first kappa shape index (κ1) is 13.1. The third-order valence-corrected chi connectivity index (χ3v) is 0.512. The second-order valence-corrected chi connectivity index (χ2v) is 11.6. The summed E-state index contributed by atoms with van der Waals surface area (Å²) in [6, 6.07) is 0. The van der Waals surface area contributed by atoms with Gasteiger partial charge >= 0.3 is 42.2 Å². The number of aliphatic hydroxyl groups is 1. The van der Waals surface area contributed by atoms with Gasteiger partial charge in [-0.05, 0) is 6.42 Å². The van der Waals surface area contributed by atoms with Crippen LogP contribution in [0.15, 0.2) is 0 Å². The topological polar surface area (TPSA) is 20.2 Å². The van der Waals surface area contributed by atoms with Crippen molar-refractivity contribution in [1.82, 2.24) is 0 Å². The monoisotopic (exact) mass is 372 g/mol. The Balaban J connectivity index is 0. The Labute approximate surface area is 73.4 Å². The molecule has 5 heteroatoms. The first-order valence-corrected chi connectivity index (χ1v) is 11.3. The molecule has 0 aliphatic heterocycles. The molecular weight excluding hydrogens is 363 g/mol. The van der Waals surface area contributed by atoms with Gasteiger partial charge in [0.05, 0.1) is 0 Å². The Morgan fingerprint density at radius 1 is 1.33 bits per heavy atom. The van der Waals surface area contributed by atoms with Crippen LogP contribution in [0.1, 0.15) is 19.8 Å². The van der Waals surface area contributed by atoms with Crippen LogP contribution in [0.4, 0.5) is 0 Å². The molecule has 0 atom stereocenters. The fraction of sp³-hybridized carbons (Fsp3) is 1.00. The van der Waals surface area contributed by atoms with Gasteiger partial charge in [0.1, 0.15) is 0 Å². The number of aliphatic hydroxyl groups excluding tert-OH is 1. The molecule has 0 radical (unpaired) electrons. The van der Waals surface area contributed by atoms with Crippen molar-refractivity contribution in [3.05, 3.63) is 0 Å². The third-order valence-electron chi connectivity index (χ3n) is 0.512. The zero-order valence-electron chi connectivity index (χ0n) is 5.04. The molecular formula is C4H10Cl3IrO. The normalized spacial score (nSPS) is 9.67. The summed E-state index contributed by atoms with van der Waals surface area (Å²) in [6.45, 7) is 2.40. The molecule has 62 valence electrons. The van der Waals surface area contributed by atoms with Crippen LogP contribution in [0.5, 0.6) is 0 Å². The molecule has 0 aromatic rings. The van der Waals surface area contributed by atoms with E-state index in [4.69, 9.17) is 33.9 Å². The first-order chi connectivity index (χ1) is 4.15. The number of hydrogen-bond acceptors (Lipinski definition) is 1. The molecule has 0 heterocycles. The van der Waals surface area contributed by atoms with Gasteiger partial charge in [-0.15, -0.1) is 0 Å². The summed E-state index contributed by atoms with van der Waals surface area (Å²) in [5.74, 6) is 0. The maximum absolute atomic E-state index is 8.07. The van der Waals surface area contributed by atoms with E-state index in [9.17, 15) is 0 Å². The van der Waals surface area contributed by atoms with Crippen LogP contribution < -0.4 is 0 Å². The van der Waals surface area contributed by atoms with Crippen molar-refractivity contribution in [2.75, 3.05) is 6.61 Å². The van der Waals surface area contributed by atoms with Crippen molar-refractivity contribution in [2.24, 2.45) is 0 Å². The van der Waals surface area contributed by atoms with Gasteiger partial charge in [-0.3, -0.25) is 0 Å². The summed E-state index contributed by atoms with van der Waals surface area (Å²) in [6.07, 6.45) is 2.04. The standard InChI is InChI=1S/C4H10O.3ClH.Ir/c1-2-3-4-5;;;;/h5H,2-4H2,1H3;3*1H;/q;;;;+3/p-3. The molecule has 0 rings (SSSR count). The van der Waals surface area contributed by atoms with Gasteiger partial charge < -0.3 is 5.11 Å². The Bertz CT molecular complexity index is 40.0. The van der Waals surface area contributed by atoms with Crippen LogP contribution in [0, 0.1) is 0 Å². The Morgan fingerprint density at radius 3 is 1.67 bits per heavy atom. The van der Waals surface area contributed by atoms with Crippen molar-refractivity contribution in [2.45, 2.75) is 19.8 Å². The van der Waals surface area contributed by atoms with E-state index in [2.05, 4.69) is 6.92 Å². The zero-order valence-corrected chi connectivity index (χ0v) is 9.70. The van der Waals surface area contributed by atoms with Crippen LogP contribution in [0.2, 0.25) is 0 Å². The van der Waals surface area contributed by atoms with E-state index in [1.54, 1.807) is 0 Å². The number of rotatable bonds is 2. The third kappa shape index (κ3) is 43.8. The summed E-state index contributed by atoms with van der Waals surface area (Å²) in [7, 11) is 14.9. The Morgan fingerprint density at radius 2 is 1.67 bits per heavy atom. The van der Waals surface area contributed by atoms with Gasteiger partial charge in [0.15, 0.2) is 0 Å². The fourth-order valence-corrected chi connectivity index (χ4v) is 0.158. The van der Waals surface area contributed by atoms with Crippen molar-refractivity contribution in [1.29, 1.82) is 0 Å². The van der Waals surface area contributed by atoms with E-state index in [0.717, 1.165) is 12.8 Å². The van der Waals surface area contributed by atoms with Crippen molar-refractivity contribution < 1.29 is 18.6 Å². The molecule has 0 aliphatic rings. The molecule has 9 heavy (non-hydrogen) atoms. The maximum atomic E-state index is 8.07. The average molecular weight is 373 g/mol. The van der Waals surface area contributed by atoms with Gasteiger partial charge in [0, 0.05) is 6.61 Å². The van der Waals surface area contributed by atoms with Crippen molar-refractivity contribution >= 4 is 28.8 Å². The summed E-state index contributed by atoms with van der Waals surface area (Å²) in [4.78, 5) is 0. The molecule has 0 saturated carbocycles. The second-order valence-electron chi connectivity index (χ2n) is 1.22. The quantitative estimate of drug-likeness (QED) is 0.790. The predicted octanol–water partition coefficient (Wildman–Crippen LogP) is 2.84. The van der Waals surface area contributed by atoms with Gasteiger partial charge in [-0.1, -0.05) is 13.3 Å². The zero-order chi connectivity index (χ0) is 7.70. The minimum atomic E-state index is -1.92. The second kappa shape index (κ2) is 12.2. The number of hydrogen-bond donors (Lipinski definition) is 1. The summed E-state index contributed by atoms with van der Waals surface area (Å²) in [5, 5.41) is 8.07. The molecule has 1 nitrogen and oxygen atoms in total. The molecule has 0 bridgehead atoms. The predicted molar refractivity (Wildman–Crippen MR) is 39.6 cm³/mol. The Hall–Kier alpha value is 1.48. The van der Waals surface area contributed by atoms with Gasteiger partial charge in [-0.2, -0.15) is 0 Å². The van der Waals surface area contributed by atoms with E-state index < -0.39 is 13.5 Å². The minimum absolute atomic E-state index is 0.344. The first-order valence-electron chi connectivity index (χ1n) is 2.40. The van der Waals surface area contributed by atoms with Crippen LogP contribution >= 0.6 is 28.8 Å². The van der Waals surface area contributed by atoms with Gasteiger partial charge in [0.2, 0.25) is 0 Å². The number of unbranched alkanes of at least 4 members (excludes halogenated alkanes) is 1. The Kier molecular flexibility index (Phi) is 17.7. The van der Waals surface area contributed by atoms with Crippen LogP contribution in [-0.2, 0) is 13.5 Å². The molecule has 0 amide bonds. The van der Waals surface area contributed by atoms with E-state index in [0.29, 0.717) is 6.61 Å². The molecule has 0 aliphatic carbocycles. The van der Waals surface area contributed by atoms with Crippen LogP contribution in [0.3, 0.4) is 0 Å². The molecule has 0 unspecified atom stereocenters. The summed E-state index contributed by atoms with van der Waals surface area (Å²) < 4.78 is 0. The molecule has 0 fully saturated rings. The van der Waals surface area contributed by atoms with Gasteiger partial charge in [0.25, 0.3) is 0 Å². The van der Waals surface area contributed by atoms with Crippen molar-refractivity contribution in [3.63, 3.8) is 0 Å². The molecule has 0 saturated heterocycles. The van der Waals surface area contributed by atoms with E-state index in [-0.39, 0.29) is 0 Å². The summed E-state index contributed by atoms with van der Waals surface area (Å²) >= 11 is -1.92. The molecule has 0 aromatic heterocycles. The molecule has 1 N–H and O–H groups in total. The van der Waals surface area contributed by atoms with E-state index >= 15 is 0 Å². The number of halogens is 3. The van der Waals surface area contributed by atoms with E-state index in [1.807, 2.05) is 0 Å². The molecule has 0 aromatic carbocycles. The van der Waals surface area contributed by atoms with Crippen LogP contribution in [0.25, 0.3) is 0 Å². The summed E-state index contributed by atoms with van der Waals surface area (Å²) in [5.41, 5.74) is 0. The van der Waals surface area contributed by atoms with E-state index in [1.165, 1.54) is 0 Å². The SMILES string of the molecule is CCCCO.[Cl][Ir]([Cl])[Cl]. The fourth-order valence-electron chi connectivity index (χ4n) is 0.158. The van der Waals surface area contributed by atoms with Gasteiger partial charge in [-0.25, -0.2) is 0 Å². The van der Waals surface area contributed by atoms with Crippen LogP contribution in [-0.4, -0.2) is 11.7 Å². The molecule has 0 spiro atoms. The van der Waals surface area contributed by atoms with Crippen molar-refractivity contribution in [3.8, 4) is 0 Å².